The van der Waals surface area contributed by atoms with Crippen LogP contribution in [0.5, 0.6) is 0 Å². The van der Waals surface area contributed by atoms with Crippen LogP contribution in [0.4, 0.5) is 10.7 Å². The lowest BCUT2D eigenvalue weighted by Crippen LogP contribution is -2.11. The van der Waals surface area contributed by atoms with Crippen molar-refractivity contribution >= 4 is 33.8 Å². The SMILES string of the molecule is Cc1cc(C)cc(NC(=O)c2ccc(NC(=O)c3ccco3)s2)c1. The number of carbonyl (C=O) groups excluding carboxylic acids is 2. The minimum atomic E-state index is -0.344. The Bertz CT molecular complexity index is 861. The van der Waals surface area contributed by atoms with Crippen LogP contribution in [0.15, 0.2) is 53.1 Å². The average molecular weight is 340 g/mol. The maximum atomic E-state index is 12.3. The largest absolute Gasteiger partial charge is 0.459 e. The number of furan rings is 1. The number of anilines is 2. The molecule has 0 spiro atoms. The first-order chi connectivity index (χ1) is 11.5. The summed E-state index contributed by atoms with van der Waals surface area (Å²) in [5, 5.41) is 6.17. The van der Waals surface area contributed by atoms with Crippen molar-refractivity contribution < 1.29 is 14.0 Å². The summed E-state index contributed by atoms with van der Waals surface area (Å²) in [4.78, 5) is 24.8. The Morgan fingerprint density at radius 3 is 2.38 bits per heavy atom. The van der Waals surface area contributed by atoms with Gasteiger partial charge in [0.15, 0.2) is 5.76 Å². The highest BCUT2D eigenvalue weighted by atomic mass is 32.1. The summed E-state index contributed by atoms with van der Waals surface area (Å²) >= 11 is 1.21. The van der Waals surface area contributed by atoms with Gasteiger partial charge in [-0.25, -0.2) is 0 Å². The van der Waals surface area contributed by atoms with Crippen molar-refractivity contribution in [2.45, 2.75) is 13.8 Å². The van der Waals surface area contributed by atoms with E-state index in [-0.39, 0.29) is 17.6 Å². The number of benzene rings is 1. The molecule has 0 saturated heterocycles. The maximum Gasteiger partial charge on any atom is 0.291 e. The molecule has 0 saturated carbocycles. The van der Waals surface area contributed by atoms with Crippen molar-refractivity contribution in [3.8, 4) is 0 Å². The molecule has 0 aliphatic carbocycles. The Morgan fingerprint density at radius 1 is 0.958 bits per heavy atom. The molecular weight excluding hydrogens is 324 g/mol. The minimum Gasteiger partial charge on any atom is -0.459 e. The van der Waals surface area contributed by atoms with Crippen molar-refractivity contribution in [1.82, 2.24) is 0 Å². The van der Waals surface area contributed by atoms with Crippen molar-refractivity contribution in [1.29, 1.82) is 0 Å². The molecule has 2 N–H and O–H groups in total. The normalized spacial score (nSPS) is 10.4. The third-order valence-corrected chi connectivity index (χ3v) is 4.29. The first-order valence-electron chi connectivity index (χ1n) is 7.35. The highest BCUT2D eigenvalue weighted by Gasteiger charge is 2.13. The van der Waals surface area contributed by atoms with E-state index in [2.05, 4.69) is 10.6 Å². The molecule has 2 heterocycles. The van der Waals surface area contributed by atoms with Crippen molar-refractivity contribution in [3.63, 3.8) is 0 Å². The van der Waals surface area contributed by atoms with Gasteiger partial charge in [-0.3, -0.25) is 9.59 Å². The Labute approximate surface area is 143 Å². The summed E-state index contributed by atoms with van der Waals surface area (Å²) in [5.41, 5.74) is 2.93. The molecule has 2 aromatic heterocycles. The minimum absolute atomic E-state index is 0.205. The lowest BCUT2D eigenvalue weighted by atomic mass is 10.1. The van der Waals surface area contributed by atoms with Crippen molar-refractivity contribution in [3.05, 3.63) is 70.5 Å². The third kappa shape index (κ3) is 3.72. The Balaban J connectivity index is 1.68. The molecule has 0 fully saturated rings. The first kappa shape index (κ1) is 16.0. The van der Waals surface area contributed by atoms with Crippen LogP contribution >= 0.6 is 11.3 Å². The zero-order valence-electron chi connectivity index (χ0n) is 13.3. The Morgan fingerprint density at radius 2 is 1.71 bits per heavy atom. The molecule has 122 valence electrons. The summed E-state index contributed by atoms with van der Waals surface area (Å²) in [7, 11) is 0. The van der Waals surface area contributed by atoms with Gasteiger partial charge in [0.2, 0.25) is 0 Å². The van der Waals surface area contributed by atoms with E-state index >= 15 is 0 Å². The Kier molecular flexibility index (Phi) is 4.48. The molecule has 0 radical (unpaired) electrons. The van der Waals surface area contributed by atoms with E-state index in [0.717, 1.165) is 16.8 Å². The third-order valence-electron chi connectivity index (χ3n) is 3.29. The second-order valence-electron chi connectivity index (χ2n) is 5.43. The molecule has 0 bridgehead atoms. The van der Waals surface area contributed by atoms with Gasteiger partial charge in [-0.05, 0) is 61.4 Å². The Hall–Kier alpha value is -2.86. The monoisotopic (exact) mass is 340 g/mol. The molecule has 1 aromatic carbocycles. The predicted molar refractivity (Wildman–Crippen MR) is 94.8 cm³/mol. The van der Waals surface area contributed by atoms with Crippen LogP contribution < -0.4 is 10.6 Å². The smallest absolute Gasteiger partial charge is 0.291 e. The van der Waals surface area contributed by atoms with Crippen LogP contribution in [-0.4, -0.2) is 11.8 Å². The van der Waals surface area contributed by atoms with Crippen LogP contribution in [0.2, 0.25) is 0 Å². The lowest BCUT2D eigenvalue weighted by Gasteiger charge is -2.06. The topological polar surface area (TPSA) is 71.3 Å². The molecular formula is C18H16N2O3S. The van der Waals surface area contributed by atoms with Crippen molar-refractivity contribution in [2.75, 3.05) is 10.6 Å². The van der Waals surface area contributed by atoms with Gasteiger partial charge in [-0.2, -0.15) is 0 Å². The number of thiophene rings is 1. The highest BCUT2D eigenvalue weighted by Crippen LogP contribution is 2.24. The number of carbonyl (C=O) groups is 2. The fraction of sp³-hybridized carbons (Fsp3) is 0.111. The van der Waals surface area contributed by atoms with E-state index in [0.29, 0.717) is 9.88 Å². The molecule has 5 nitrogen and oxygen atoms in total. The second kappa shape index (κ2) is 6.72. The first-order valence-corrected chi connectivity index (χ1v) is 8.17. The number of aryl methyl sites for hydroxylation is 2. The number of rotatable bonds is 4. The van der Waals surface area contributed by atoms with Crippen LogP contribution in [0.1, 0.15) is 31.4 Å². The van der Waals surface area contributed by atoms with E-state index in [4.69, 9.17) is 4.42 Å². The molecule has 2 amide bonds. The standard InChI is InChI=1S/C18H16N2O3S/c1-11-8-12(2)10-13(9-11)19-18(22)15-5-6-16(24-15)20-17(21)14-4-3-7-23-14/h3-10H,1-2H3,(H,19,22)(H,20,21). The summed E-state index contributed by atoms with van der Waals surface area (Å²) in [6.45, 7) is 3.96. The van der Waals surface area contributed by atoms with Gasteiger partial charge in [0.05, 0.1) is 16.1 Å². The fourth-order valence-electron chi connectivity index (χ4n) is 2.35. The molecule has 0 aliphatic heterocycles. The van der Waals surface area contributed by atoms with Gasteiger partial charge in [0.1, 0.15) is 0 Å². The van der Waals surface area contributed by atoms with E-state index in [1.54, 1.807) is 24.3 Å². The molecule has 0 aliphatic rings. The molecule has 0 unspecified atom stereocenters. The molecule has 3 rings (SSSR count). The van der Waals surface area contributed by atoms with Gasteiger partial charge in [0.25, 0.3) is 11.8 Å². The number of hydrogen-bond acceptors (Lipinski definition) is 4. The van der Waals surface area contributed by atoms with Gasteiger partial charge >= 0.3 is 0 Å². The van der Waals surface area contributed by atoms with Gasteiger partial charge in [-0.1, -0.05) is 6.07 Å². The second-order valence-corrected chi connectivity index (χ2v) is 6.51. The van der Waals surface area contributed by atoms with Gasteiger partial charge in [-0.15, -0.1) is 11.3 Å². The summed E-state index contributed by atoms with van der Waals surface area (Å²) in [6, 6.07) is 12.5. The van der Waals surface area contributed by atoms with E-state index in [9.17, 15) is 9.59 Å². The van der Waals surface area contributed by atoms with Gasteiger partial charge < -0.3 is 15.1 Å². The molecule has 24 heavy (non-hydrogen) atoms. The summed E-state index contributed by atoms with van der Waals surface area (Å²) in [5.74, 6) is -0.323. The van der Waals surface area contributed by atoms with Crippen LogP contribution in [0.3, 0.4) is 0 Å². The quantitative estimate of drug-likeness (QED) is 0.736. The fourth-order valence-corrected chi connectivity index (χ4v) is 3.14. The van der Waals surface area contributed by atoms with E-state index in [1.807, 2.05) is 32.0 Å². The van der Waals surface area contributed by atoms with Crippen molar-refractivity contribution in [2.24, 2.45) is 0 Å². The number of nitrogens with one attached hydrogen (secondary N) is 2. The van der Waals surface area contributed by atoms with Gasteiger partial charge in [0, 0.05) is 5.69 Å². The van der Waals surface area contributed by atoms with E-state index in [1.165, 1.54) is 17.6 Å². The zero-order chi connectivity index (χ0) is 17.1. The number of hydrogen-bond donors (Lipinski definition) is 2. The number of amides is 2. The molecule has 0 atom stereocenters. The van der Waals surface area contributed by atoms with Crippen LogP contribution in [0.25, 0.3) is 0 Å². The highest BCUT2D eigenvalue weighted by molar-refractivity contribution is 7.18. The summed E-state index contributed by atoms with van der Waals surface area (Å²) < 4.78 is 5.04. The molecule has 6 heteroatoms. The molecule has 3 aromatic rings. The maximum absolute atomic E-state index is 12.3. The summed E-state index contributed by atoms with van der Waals surface area (Å²) in [6.07, 6.45) is 1.44. The van der Waals surface area contributed by atoms with Crippen LogP contribution in [-0.2, 0) is 0 Å². The predicted octanol–water partition coefficient (Wildman–Crippen LogP) is 4.46. The average Bonchev–Trinajstić information content (AvgIpc) is 3.17. The van der Waals surface area contributed by atoms with Crippen LogP contribution in [0, 0.1) is 13.8 Å². The lowest BCUT2D eigenvalue weighted by molar-refractivity contribution is 0.0995. The zero-order valence-corrected chi connectivity index (χ0v) is 14.1. The van der Waals surface area contributed by atoms with E-state index < -0.39 is 0 Å².